The van der Waals surface area contributed by atoms with Crippen LogP contribution >= 0.6 is 11.3 Å². The molecule has 0 aliphatic heterocycles. The molecule has 0 saturated heterocycles. The van der Waals surface area contributed by atoms with Gasteiger partial charge in [-0.05, 0) is 31.8 Å². The van der Waals surface area contributed by atoms with Crippen molar-refractivity contribution in [2.75, 3.05) is 13.7 Å². The second-order valence-electron chi connectivity index (χ2n) is 4.79. The summed E-state index contributed by atoms with van der Waals surface area (Å²) in [5, 5.41) is 4.56. The molecule has 1 heterocycles. The predicted molar refractivity (Wildman–Crippen MR) is 83.7 cm³/mol. The van der Waals surface area contributed by atoms with Crippen LogP contribution in [0.4, 0.5) is 0 Å². The maximum atomic E-state index is 5.80. The Kier molecular flexibility index (Phi) is 5.14. The molecule has 2 aromatic rings. The number of rotatable bonds is 7. The van der Waals surface area contributed by atoms with Gasteiger partial charge in [-0.15, -0.1) is 17.9 Å². The average molecular weight is 275 g/mol. The smallest absolute Gasteiger partial charge is 0.0734 e. The summed E-state index contributed by atoms with van der Waals surface area (Å²) < 4.78 is 7.14. The van der Waals surface area contributed by atoms with Gasteiger partial charge < -0.3 is 10.1 Å². The van der Waals surface area contributed by atoms with Crippen LogP contribution in [0.2, 0.25) is 0 Å². The number of thiophene rings is 1. The second-order valence-corrected chi connectivity index (χ2v) is 5.93. The van der Waals surface area contributed by atoms with E-state index in [1.54, 1.807) is 0 Å². The van der Waals surface area contributed by atoms with E-state index in [4.69, 9.17) is 4.74 Å². The van der Waals surface area contributed by atoms with Crippen molar-refractivity contribution in [2.45, 2.75) is 26.5 Å². The molecule has 2 rings (SSSR count). The monoisotopic (exact) mass is 275 g/mol. The number of ether oxygens (including phenoxy) is 1. The van der Waals surface area contributed by atoms with Gasteiger partial charge in [0.05, 0.1) is 13.2 Å². The lowest BCUT2D eigenvalue weighted by Gasteiger charge is -2.06. The van der Waals surface area contributed by atoms with E-state index >= 15 is 0 Å². The summed E-state index contributed by atoms with van der Waals surface area (Å²) in [7, 11) is 1.98. The number of benzene rings is 1. The Labute approximate surface area is 119 Å². The zero-order valence-electron chi connectivity index (χ0n) is 11.7. The van der Waals surface area contributed by atoms with Crippen molar-refractivity contribution in [3.63, 3.8) is 0 Å². The van der Waals surface area contributed by atoms with Crippen LogP contribution in [0.15, 0.2) is 36.4 Å². The van der Waals surface area contributed by atoms with Gasteiger partial charge in [0.1, 0.15) is 0 Å². The van der Waals surface area contributed by atoms with E-state index in [1.165, 1.54) is 26.1 Å². The molecule has 1 aromatic heterocycles. The van der Waals surface area contributed by atoms with E-state index in [2.05, 4.69) is 36.2 Å². The Morgan fingerprint density at radius 2 is 2.16 bits per heavy atom. The van der Waals surface area contributed by atoms with E-state index in [0.717, 1.165) is 19.6 Å². The Hall–Kier alpha value is -1.16. The highest BCUT2D eigenvalue weighted by atomic mass is 32.1. The standard InChI is InChI=1S/C16H21NOS/c1-12(2)8-9-18-11-14-13-6-4-5-7-15(13)19-16(14)10-17-3/h4-7,17H,1,8-11H2,2-3H3. The summed E-state index contributed by atoms with van der Waals surface area (Å²) in [6.07, 6.45) is 0.934. The van der Waals surface area contributed by atoms with E-state index < -0.39 is 0 Å². The zero-order chi connectivity index (χ0) is 13.7. The average Bonchev–Trinajstić information content (AvgIpc) is 2.73. The first-order chi connectivity index (χ1) is 9.22. The lowest BCUT2D eigenvalue weighted by atomic mass is 10.1. The van der Waals surface area contributed by atoms with Gasteiger partial charge >= 0.3 is 0 Å². The van der Waals surface area contributed by atoms with Gasteiger partial charge in [0.15, 0.2) is 0 Å². The molecule has 2 nitrogen and oxygen atoms in total. The van der Waals surface area contributed by atoms with Gasteiger partial charge in [-0.25, -0.2) is 0 Å². The van der Waals surface area contributed by atoms with E-state index in [0.29, 0.717) is 6.61 Å². The molecular formula is C16H21NOS. The van der Waals surface area contributed by atoms with Crippen LogP contribution in [0, 0.1) is 0 Å². The summed E-state index contributed by atoms with van der Waals surface area (Å²) >= 11 is 1.85. The van der Waals surface area contributed by atoms with Crippen LogP contribution in [-0.2, 0) is 17.9 Å². The molecular weight excluding hydrogens is 254 g/mol. The van der Waals surface area contributed by atoms with Crippen LogP contribution in [0.3, 0.4) is 0 Å². The van der Waals surface area contributed by atoms with Crippen molar-refractivity contribution in [3.05, 3.63) is 46.9 Å². The number of hydrogen-bond acceptors (Lipinski definition) is 3. The fourth-order valence-electron chi connectivity index (χ4n) is 2.03. The first-order valence-electron chi connectivity index (χ1n) is 6.58. The van der Waals surface area contributed by atoms with Gasteiger partial charge in [0.2, 0.25) is 0 Å². The van der Waals surface area contributed by atoms with Gasteiger partial charge in [-0.3, -0.25) is 0 Å². The third-order valence-corrected chi connectivity index (χ3v) is 4.25. The lowest BCUT2D eigenvalue weighted by molar-refractivity contribution is 0.124. The predicted octanol–water partition coefficient (Wildman–Crippen LogP) is 4.10. The summed E-state index contributed by atoms with van der Waals surface area (Å²) in [4.78, 5) is 1.37. The topological polar surface area (TPSA) is 21.3 Å². The van der Waals surface area contributed by atoms with Crippen LogP contribution in [0.1, 0.15) is 23.8 Å². The van der Waals surface area contributed by atoms with Gasteiger partial charge in [0, 0.05) is 21.7 Å². The van der Waals surface area contributed by atoms with Crippen LogP contribution in [-0.4, -0.2) is 13.7 Å². The van der Waals surface area contributed by atoms with Crippen molar-refractivity contribution in [1.82, 2.24) is 5.32 Å². The molecule has 0 unspecified atom stereocenters. The third kappa shape index (κ3) is 3.66. The second kappa shape index (κ2) is 6.85. The molecule has 1 N–H and O–H groups in total. The van der Waals surface area contributed by atoms with Crippen molar-refractivity contribution in [1.29, 1.82) is 0 Å². The number of nitrogens with one attached hydrogen (secondary N) is 1. The van der Waals surface area contributed by atoms with Gasteiger partial charge in [-0.1, -0.05) is 23.8 Å². The largest absolute Gasteiger partial charge is 0.376 e. The summed E-state index contributed by atoms with van der Waals surface area (Å²) in [5.41, 5.74) is 2.50. The fraction of sp³-hybridized carbons (Fsp3) is 0.375. The van der Waals surface area contributed by atoms with Crippen LogP contribution in [0.5, 0.6) is 0 Å². The maximum Gasteiger partial charge on any atom is 0.0734 e. The Bertz CT molecular complexity index is 559. The van der Waals surface area contributed by atoms with E-state index in [-0.39, 0.29) is 0 Å². The fourth-order valence-corrected chi connectivity index (χ4v) is 3.25. The maximum absolute atomic E-state index is 5.80. The molecule has 0 aliphatic rings. The van der Waals surface area contributed by atoms with Crippen molar-refractivity contribution in [3.8, 4) is 0 Å². The van der Waals surface area contributed by atoms with E-state index in [9.17, 15) is 0 Å². The van der Waals surface area contributed by atoms with Crippen molar-refractivity contribution in [2.24, 2.45) is 0 Å². The van der Waals surface area contributed by atoms with Gasteiger partial charge in [-0.2, -0.15) is 0 Å². The Morgan fingerprint density at radius 1 is 1.37 bits per heavy atom. The third-order valence-electron chi connectivity index (χ3n) is 3.04. The Balaban J connectivity index is 2.14. The molecule has 0 spiro atoms. The molecule has 0 radical (unpaired) electrons. The normalized spacial score (nSPS) is 11.1. The SMILES string of the molecule is C=C(C)CCOCc1c(CNC)sc2ccccc12. The molecule has 19 heavy (non-hydrogen) atoms. The molecule has 0 atom stereocenters. The van der Waals surface area contributed by atoms with E-state index in [1.807, 2.05) is 25.3 Å². The number of hydrogen-bond donors (Lipinski definition) is 1. The van der Waals surface area contributed by atoms with Gasteiger partial charge in [0.25, 0.3) is 0 Å². The highest BCUT2D eigenvalue weighted by Crippen LogP contribution is 2.31. The quantitative estimate of drug-likeness (QED) is 0.606. The summed E-state index contributed by atoms with van der Waals surface area (Å²) in [6.45, 7) is 8.27. The van der Waals surface area contributed by atoms with Crippen LogP contribution < -0.4 is 5.32 Å². The molecule has 0 bridgehead atoms. The Morgan fingerprint density at radius 3 is 2.89 bits per heavy atom. The number of fused-ring (bicyclic) bond motifs is 1. The van der Waals surface area contributed by atoms with Crippen molar-refractivity contribution >= 4 is 21.4 Å². The minimum absolute atomic E-state index is 0.689. The molecule has 1 aromatic carbocycles. The highest BCUT2D eigenvalue weighted by Gasteiger charge is 2.11. The minimum atomic E-state index is 0.689. The summed E-state index contributed by atoms with van der Waals surface area (Å²) in [5.74, 6) is 0. The summed E-state index contributed by atoms with van der Waals surface area (Å²) in [6, 6.07) is 8.54. The molecule has 102 valence electrons. The van der Waals surface area contributed by atoms with Crippen LogP contribution in [0.25, 0.3) is 10.1 Å². The highest BCUT2D eigenvalue weighted by molar-refractivity contribution is 7.19. The van der Waals surface area contributed by atoms with Crippen molar-refractivity contribution < 1.29 is 4.74 Å². The lowest BCUT2D eigenvalue weighted by Crippen LogP contribution is -2.06. The molecule has 0 amide bonds. The molecule has 0 saturated carbocycles. The first kappa shape index (κ1) is 14.3. The zero-order valence-corrected chi connectivity index (χ0v) is 12.5. The molecule has 3 heteroatoms. The minimum Gasteiger partial charge on any atom is -0.376 e. The molecule has 0 fully saturated rings. The first-order valence-corrected chi connectivity index (χ1v) is 7.40. The molecule has 0 aliphatic carbocycles.